The molecule has 0 atom stereocenters. The van der Waals surface area contributed by atoms with Crippen LogP contribution < -0.4 is 10.2 Å². The zero-order chi connectivity index (χ0) is 10.3. The van der Waals surface area contributed by atoms with Gasteiger partial charge in [-0.3, -0.25) is 0 Å². The van der Waals surface area contributed by atoms with Crippen molar-refractivity contribution in [1.82, 2.24) is 0 Å². The molecule has 0 aromatic carbocycles. The Bertz CT molecular complexity index is 174. The van der Waals surface area contributed by atoms with Crippen molar-refractivity contribution in [2.45, 2.75) is 13.8 Å². The third-order valence-electron chi connectivity index (χ3n) is 0.697. The van der Waals surface area contributed by atoms with Crippen molar-refractivity contribution in [3.63, 3.8) is 0 Å². The first-order chi connectivity index (χ1) is 5.29. The van der Waals surface area contributed by atoms with Gasteiger partial charge in [-0.15, -0.1) is 0 Å². The average molecular weight is 326 g/mol. The van der Waals surface area contributed by atoms with Gasteiger partial charge in [0.05, 0.1) is 11.9 Å². The summed E-state index contributed by atoms with van der Waals surface area (Å²) in [5.74, 6) is -2.37. The normalized spacial score (nSPS) is 6.43. The fourth-order valence-electron chi connectivity index (χ4n) is 0. The number of carbonyl (C=O) groups excluding carboxylic acids is 2. The maximum absolute atomic E-state index is 9.49. The zero-order valence-corrected chi connectivity index (χ0v) is 12.7. The van der Waals surface area contributed by atoms with Gasteiger partial charge in [0.25, 0.3) is 0 Å². The molecule has 0 aliphatic carbocycles. The molecule has 0 fully saturated rings. The predicted molar refractivity (Wildman–Crippen MR) is 49.0 cm³/mol. The number of carboxylic acids is 2. The summed E-state index contributed by atoms with van der Waals surface area (Å²) >= 11 is 0. The minimum absolute atomic E-state index is 0. The molecule has 6 heteroatoms. The zero-order valence-electron chi connectivity index (χ0n) is 8.25. The van der Waals surface area contributed by atoms with E-state index in [9.17, 15) is 19.8 Å². The van der Waals surface area contributed by atoms with Gasteiger partial charge in [0, 0.05) is 0 Å². The summed E-state index contributed by atoms with van der Waals surface area (Å²) in [6, 6.07) is 0. The van der Waals surface area contributed by atoms with E-state index in [2.05, 4.69) is 13.2 Å². The Labute approximate surface area is 123 Å². The van der Waals surface area contributed by atoms with Gasteiger partial charge in [0.2, 0.25) is 0 Å². The van der Waals surface area contributed by atoms with Crippen LogP contribution in [-0.2, 0) is 9.59 Å². The van der Waals surface area contributed by atoms with E-state index in [1.807, 2.05) is 0 Å². The summed E-state index contributed by atoms with van der Waals surface area (Å²) in [6.45, 7) is 8.95. The van der Waals surface area contributed by atoms with E-state index < -0.39 is 11.9 Å². The number of hydrogen-bond donors (Lipinski definition) is 0. The second-order valence-electron chi connectivity index (χ2n) is 2.14. The molecule has 76 valence electrons. The topological polar surface area (TPSA) is 112 Å². The van der Waals surface area contributed by atoms with Crippen LogP contribution in [0.15, 0.2) is 24.3 Å². The molecule has 0 amide bonds. The maximum Gasteiger partial charge on any atom is 2.00 e. The molecular weight excluding hydrogens is 313 g/mol. The molecule has 5 nitrogen and oxygen atoms in total. The average Bonchev–Trinajstić information content (AvgIpc) is 1.88. The molecule has 0 heterocycles. The van der Waals surface area contributed by atoms with Crippen LogP contribution >= 0.6 is 0 Å². The number of aliphatic carboxylic acids is 2. The molecule has 0 radical (unpaired) electrons. The van der Waals surface area contributed by atoms with Crippen LogP contribution in [0.1, 0.15) is 13.8 Å². The Morgan fingerprint density at radius 2 is 1.00 bits per heavy atom. The van der Waals surface area contributed by atoms with Crippen molar-refractivity contribution in [3.8, 4) is 0 Å². The summed E-state index contributed by atoms with van der Waals surface area (Å²) < 4.78 is 0. The van der Waals surface area contributed by atoms with Crippen molar-refractivity contribution < 1.29 is 25.3 Å². The second kappa shape index (κ2) is 13.0. The fraction of sp³-hybridized carbons (Fsp3) is 0.250. The van der Waals surface area contributed by atoms with Crippen LogP contribution in [0.5, 0.6) is 0 Å². The van der Waals surface area contributed by atoms with E-state index in [1.165, 1.54) is 13.8 Å². The van der Waals surface area contributed by atoms with Crippen LogP contribution in [0.3, 0.4) is 0 Å². The predicted octanol–water partition coefficient (Wildman–Crippen LogP) is -2.58. The Kier molecular flexibility index (Phi) is 21.9. The Balaban J connectivity index is -0.0000000625. The molecule has 0 aromatic rings. The fourth-order valence-corrected chi connectivity index (χ4v) is 0. The van der Waals surface area contributed by atoms with Gasteiger partial charge in [-0.1, -0.05) is 13.2 Å². The summed E-state index contributed by atoms with van der Waals surface area (Å²) in [7, 11) is 0. The molecule has 14 heavy (non-hydrogen) atoms. The van der Waals surface area contributed by atoms with Gasteiger partial charge < -0.3 is 25.3 Å². The third-order valence-corrected chi connectivity index (χ3v) is 0.697. The molecule has 2 N–H and O–H groups in total. The van der Waals surface area contributed by atoms with Crippen LogP contribution in [-0.4, -0.2) is 66.3 Å². The van der Waals surface area contributed by atoms with E-state index >= 15 is 0 Å². The van der Waals surface area contributed by atoms with E-state index in [0.717, 1.165) is 0 Å². The minimum Gasteiger partial charge on any atom is -0.545 e. The van der Waals surface area contributed by atoms with Gasteiger partial charge in [-0.2, -0.15) is 0 Å². The molecule has 0 saturated carbocycles. The van der Waals surface area contributed by atoms with Crippen molar-refractivity contribution in [2.75, 3.05) is 0 Å². The Hall–Kier alpha value is -0.0486. The van der Waals surface area contributed by atoms with Crippen molar-refractivity contribution >= 4 is 60.8 Å². The van der Waals surface area contributed by atoms with E-state index in [0.29, 0.717) is 0 Å². The first-order valence-corrected chi connectivity index (χ1v) is 3.02. The van der Waals surface area contributed by atoms with Crippen LogP contribution in [0.25, 0.3) is 0 Å². The van der Waals surface area contributed by atoms with E-state index in [-0.39, 0.29) is 65.5 Å². The van der Waals surface area contributed by atoms with E-state index in [4.69, 9.17) is 0 Å². The van der Waals surface area contributed by atoms with Gasteiger partial charge in [0.1, 0.15) is 0 Å². The van der Waals surface area contributed by atoms with Gasteiger partial charge in [0.15, 0.2) is 0 Å². The number of carbonyl (C=O) groups is 2. The quantitative estimate of drug-likeness (QED) is 0.410. The summed E-state index contributed by atoms with van der Waals surface area (Å²) in [6.07, 6.45) is 0. The summed E-state index contributed by atoms with van der Waals surface area (Å²) in [4.78, 5) is 19.0. The minimum atomic E-state index is -1.19. The standard InChI is InChI=1S/2C4H6O2.Ba.H2O/c2*1-3(2)4(5)6;;/h2*1H2,2H3,(H,5,6);;1H2/q;;+2;/p-2. The van der Waals surface area contributed by atoms with Crippen molar-refractivity contribution in [3.05, 3.63) is 24.3 Å². The molecule has 0 unspecified atom stereocenters. The van der Waals surface area contributed by atoms with Crippen molar-refractivity contribution in [2.24, 2.45) is 0 Å². The molecule has 0 saturated heterocycles. The molecule has 0 rings (SSSR count). The number of hydrogen-bond acceptors (Lipinski definition) is 4. The first kappa shape index (κ1) is 23.6. The van der Waals surface area contributed by atoms with Gasteiger partial charge >= 0.3 is 48.9 Å². The Morgan fingerprint density at radius 1 is 0.929 bits per heavy atom. The number of rotatable bonds is 2. The molecule has 0 aliphatic heterocycles. The molecule has 0 aliphatic rings. The molecular formula is C8H12BaO5. The maximum atomic E-state index is 9.49. The largest absolute Gasteiger partial charge is 2.00 e. The SMILES string of the molecule is C=C(C)C(=O)[O-].C=C(C)C(=O)[O-].O.[Ba+2]. The summed E-state index contributed by atoms with van der Waals surface area (Å²) in [5.41, 5.74) is 0.130. The van der Waals surface area contributed by atoms with Gasteiger partial charge in [-0.05, 0) is 25.0 Å². The Morgan fingerprint density at radius 3 is 1.00 bits per heavy atom. The van der Waals surface area contributed by atoms with Gasteiger partial charge in [-0.25, -0.2) is 0 Å². The molecule has 0 spiro atoms. The van der Waals surface area contributed by atoms with Crippen LogP contribution in [0.4, 0.5) is 0 Å². The third kappa shape index (κ3) is 22.7. The number of carboxylic acid groups (broad SMARTS) is 2. The van der Waals surface area contributed by atoms with Crippen LogP contribution in [0.2, 0.25) is 0 Å². The van der Waals surface area contributed by atoms with Crippen molar-refractivity contribution in [1.29, 1.82) is 0 Å². The summed E-state index contributed by atoms with van der Waals surface area (Å²) in [5, 5.41) is 19.0. The first-order valence-electron chi connectivity index (χ1n) is 3.02. The molecule has 0 aromatic heterocycles. The monoisotopic (exact) mass is 326 g/mol. The van der Waals surface area contributed by atoms with E-state index in [1.54, 1.807) is 0 Å². The molecule has 0 bridgehead atoms. The smallest absolute Gasteiger partial charge is 0.545 e. The second-order valence-corrected chi connectivity index (χ2v) is 2.14. The van der Waals surface area contributed by atoms with Crippen LogP contribution in [0, 0.1) is 0 Å².